The second-order valence-electron chi connectivity index (χ2n) is 8.29. The van der Waals surface area contributed by atoms with Gasteiger partial charge in [0.2, 0.25) is 0 Å². The quantitative estimate of drug-likeness (QED) is 0.838. The maximum absolute atomic E-state index is 14.7. The van der Waals surface area contributed by atoms with Gasteiger partial charge in [0.15, 0.2) is 0 Å². The molecule has 1 aromatic carbocycles. The standard InChI is InChI=1S/C20H26FN3O2/c1-13-6-8-14(9-7-13)15-11-22-17(23-15)16-10-20(5,21)12-24(16)18(25)26-19(2,3)4/h6-9,11,16H,10,12H2,1-5H3,(H,22,23)/t16-,20+/m0/s1. The summed E-state index contributed by atoms with van der Waals surface area (Å²) in [5.41, 5.74) is 0.912. The van der Waals surface area contributed by atoms with E-state index in [0.29, 0.717) is 5.82 Å². The Labute approximate surface area is 153 Å². The number of hydrogen-bond donors (Lipinski definition) is 1. The van der Waals surface area contributed by atoms with Crippen molar-refractivity contribution >= 4 is 6.09 Å². The molecular weight excluding hydrogens is 333 g/mol. The monoisotopic (exact) mass is 359 g/mol. The van der Waals surface area contributed by atoms with Crippen LogP contribution in [0.4, 0.5) is 9.18 Å². The molecule has 0 unspecified atom stereocenters. The molecule has 1 aliphatic rings. The van der Waals surface area contributed by atoms with Crippen LogP contribution in [0.3, 0.4) is 0 Å². The summed E-state index contributed by atoms with van der Waals surface area (Å²) < 4.78 is 20.1. The van der Waals surface area contributed by atoms with Crippen LogP contribution in [0.5, 0.6) is 0 Å². The van der Waals surface area contributed by atoms with Crippen molar-refractivity contribution < 1.29 is 13.9 Å². The number of H-pyrrole nitrogens is 1. The number of rotatable bonds is 2. The number of aromatic amines is 1. The maximum atomic E-state index is 14.7. The number of carbonyl (C=O) groups is 1. The number of carbonyl (C=O) groups excluding carboxylic acids is 1. The highest BCUT2D eigenvalue weighted by atomic mass is 19.1. The Balaban J connectivity index is 1.86. The van der Waals surface area contributed by atoms with Crippen molar-refractivity contribution in [3.05, 3.63) is 41.9 Å². The fourth-order valence-corrected chi connectivity index (χ4v) is 3.19. The van der Waals surface area contributed by atoms with Gasteiger partial charge in [0.05, 0.1) is 24.5 Å². The van der Waals surface area contributed by atoms with Gasteiger partial charge in [0.25, 0.3) is 0 Å². The molecule has 0 saturated carbocycles. The smallest absolute Gasteiger partial charge is 0.411 e. The van der Waals surface area contributed by atoms with E-state index in [4.69, 9.17) is 4.74 Å². The highest BCUT2D eigenvalue weighted by Gasteiger charge is 2.46. The SMILES string of the molecule is Cc1ccc(-c2cnc([C@@H]3C[C@@](C)(F)CN3C(=O)OC(C)(C)C)[nH]2)cc1. The molecule has 1 aromatic heterocycles. The van der Waals surface area contributed by atoms with E-state index in [1.165, 1.54) is 17.4 Å². The lowest BCUT2D eigenvalue weighted by atomic mass is 10.0. The first-order valence-corrected chi connectivity index (χ1v) is 8.85. The van der Waals surface area contributed by atoms with Gasteiger partial charge in [-0.05, 0) is 40.2 Å². The molecule has 0 radical (unpaired) electrons. The van der Waals surface area contributed by atoms with Gasteiger partial charge in [0.1, 0.15) is 17.1 Å². The van der Waals surface area contributed by atoms with Gasteiger partial charge in [-0.1, -0.05) is 29.8 Å². The first-order valence-electron chi connectivity index (χ1n) is 8.85. The number of ether oxygens (including phenoxy) is 1. The van der Waals surface area contributed by atoms with E-state index in [9.17, 15) is 9.18 Å². The number of hydrogen-bond acceptors (Lipinski definition) is 3. The molecule has 0 bridgehead atoms. The Bertz CT molecular complexity index is 790. The highest BCUT2D eigenvalue weighted by Crippen LogP contribution is 2.40. The normalized spacial score (nSPS) is 23.3. The van der Waals surface area contributed by atoms with Crippen LogP contribution >= 0.6 is 0 Å². The molecule has 1 aliphatic heterocycles. The Morgan fingerprint density at radius 2 is 2.00 bits per heavy atom. The molecule has 0 spiro atoms. The van der Waals surface area contributed by atoms with Crippen molar-refractivity contribution in [1.29, 1.82) is 0 Å². The zero-order valence-corrected chi connectivity index (χ0v) is 16.0. The van der Waals surface area contributed by atoms with E-state index in [-0.39, 0.29) is 13.0 Å². The van der Waals surface area contributed by atoms with E-state index >= 15 is 0 Å². The number of amides is 1. The van der Waals surface area contributed by atoms with E-state index in [1.54, 1.807) is 27.0 Å². The lowest BCUT2D eigenvalue weighted by molar-refractivity contribution is 0.0197. The summed E-state index contributed by atoms with van der Waals surface area (Å²) in [5.74, 6) is 0.577. The Morgan fingerprint density at radius 1 is 1.35 bits per heavy atom. The first kappa shape index (κ1) is 18.4. The predicted molar refractivity (Wildman–Crippen MR) is 98.6 cm³/mol. The predicted octanol–water partition coefficient (Wildman–Crippen LogP) is 4.80. The summed E-state index contributed by atoms with van der Waals surface area (Å²) in [6.45, 7) is 8.93. The molecule has 0 aliphatic carbocycles. The lowest BCUT2D eigenvalue weighted by Crippen LogP contribution is -2.38. The van der Waals surface area contributed by atoms with Gasteiger partial charge in [-0.25, -0.2) is 14.2 Å². The molecule has 1 fully saturated rings. The number of nitrogens with zero attached hydrogens (tertiary/aromatic N) is 2. The van der Waals surface area contributed by atoms with Crippen LogP contribution in [0.15, 0.2) is 30.5 Å². The van der Waals surface area contributed by atoms with Crippen molar-refractivity contribution in [2.24, 2.45) is 0 Å². The molecule has 6 heteroatoms. The number of benzene rings is 1. The van der Waals surface area contributed by atoms with Gasteiger partial charge in [0, 0.05) is 6.42 Å². The zero-order valence-electron chi connectivity index (χ0n) is 16.0. The van der Waals surface area contributed by atoms with E-state index in [2.05, 4.69) is 9.97 Å². The average Bonchev–Trinajstić information content (AvgIpc) is 3.10. The molecule has 1 amide bonds. The maximum Gasteiger partial charge on any atom is 0.411 e. The minimum absolute atomic E-state index is 0.00680. The third-order valence-electron chi connectivity index (χ3n) is 4.40. The van der Waals surface area contributed by atoms with Gasteiger partial charge in [-0.15, -0.1) is 0 Å². The van der Waals surface area contributed by atoms with Gasteiger partial charge in [-0.2, -0.15) is 0 Å². The van der Waals surface area contributed by atoms with Crippen LogP contribution in [0, 0.1) is 6.92 Å². The summed E-state index contributed by atoms with van der Waals surface area (Å²) >= 11 is 0. The van der Waals surface area contributed by atoms with Crippen LogP contribution in [-0.4, -0.2) is 38.8 Å². The molecule has 2 aromatic rings. The number of alkyl halides is 1. The van der Waals surface area contributed by atoms with Gasteiger partial charge < -0.3 is 9.72 Å². The van der Waals surface area contributed by atoms with Crippen molar-refractivity contribution in [3.8, 4) is 11.3 Å². The van der Waals surface area contributed by atoms with E-state index in [1.807, 2.05) is 31.2 Å². The number of aryl methyl sites for hydroxylation is 1. The fraction of sp³-hybridized carbons (Fsp3) is 0.500. The van der Waals surface area contributed by atoms with E-state index < -0.39 is 23.4 Å². The second-order valence-corrected chi connectivity index (χ2v) is 8.29. The molecule has 140 valence electrons. The average molecular weight is 359 g/mol. The molecule has 26 heavy (non-hydrogen) atoms. The van der Waals surface area contributed by atoms with Crippen molar-refractivity contribution in [1.82, 2.24) is 14.9 Å². The first-order chi connectivity index (χ1) is 12.0. The molecule has 2 atom stereocenters. The van der Waals surface area contributed by atoms with Crippen molar-refractivity contribution in [2.45, 2.75) is 58.4 Å². The lowest BCUT2D eigenvalue weighted by Gasteiger charge is -2.27. The molecule has 1 saturated heterocycles. The number of nitrogens with one attached hydrogen (secondary N) is 1. The molecule has 1 N–H and O–H groups in total. The van der Waals surface area contributed by atoms with Crippen LogP contribution in [0.2, 0.25) is 0 Å². The minimum atomic E-state index is -1.47. The molecule has 5 nitrogen and oxygen atoms in total. The summed E-state index contributed by atoms with van der Waals surface area (Å²) in [6.07, 6.45) is 1.39. The number of halogens is 1. The Kier molecular flexibility index (Phi) is 4.54. The van der Waals surface area contributed by atoms with Gasteiger partial charge >= 0.3 is 6.09 Å². The third-order valence-corrected chi connectivity index (χ3v) is 4.40. The second kappa shape index (κ2) is 6.41. The minimum Gasteiger partial charge on any atom is -0.444 e. The van der Waals surface area contributed by atoms with Crippen molar-refractivity contribution in [3.63, 3.8) is 0 Å². The van der Waals surface area contributed by atoms with Crippen LogP contribution in [0.1, 0.15) is 51.5 Å². The van der Waals surface area contributed by atoms with E-state index in [0.717, 1.165) is 11.3 Å². The summed E-state index contributed by atoms with van der Waals surface area (Å²) in [5, 5.41) is 0. The largest absolute Gasteiger partial charge is 0.444 e. The third kappa shape index (κ3) is 4.06. The van der Waals surface area contributed by atoms with Crippen LogP contribution in [-0.2, 0) is 4.74 Å². The topological polar surface area (TPSA) is 58.2 Å². The van der Waals surface area contributed by atoms with Gasteiger partial charge in [-0.3, -0.25) is 4.90 Å². The Morgan fingerprint density at radius 3 is 2.62 bits per heavy atom. The van der Waals surface area contributed by atoms with Crippen LogP contribution < -0.4 is 0 Å². The molecule has 2 heterocycles. The number of imidazole rings is 1. The Hall–Kier alpha value is -2.37. The number of aromatic nitrogens is 2. The highest BCUT2D eigenvalue weighted by molar-refractivity contribution is 5.69. The van der Waals surface area contributed by atoms with Crippen molar-refractivity contribution in [2.75, 3.05) is 6.54 Å². The zero-order chi connectivity index (χ0) is 19.1. The fourth-order valence-electron chi connectivity index (χ4n) is 3.19. The summed E-state index contributed by atoms with van der Waals surface area (Å²) in [7, 11) is 0. The molecular formula is C20H26FN3O2. The molecule has 3 rings (SSSR count). The summed E-state index contributed by atoms with van der Waals surface area (Å²) in [6, 6.07) is 7.59. The number of likely N-dealkylation sites (tertiary alicyclic amines) is 1. The summed E-state index contributed by atoms with van der Waals surface area (Å²) in [4.78, 5) is 21.6. The van der Waals surface area contributed by atoms with Crippen LogP contribution in [0.25, 0.3) is 11.3 Å².